The number of aromatic amines is 1. The molecule has 0 radical (unpaired) electrons. The highest BCUT2D eigenvalue weighted by Gasteiger charge is 2.26. The Labute approximate surface area is 142 Å². The number of aliphatic hydroxyl groups is 1. The van der Waals surface area contributed by atoms with Crippen molar-refractivity contribution in [2.75, 3.05) is 11.9 Å². The fourth-order valence-corrected chi connectivity index (χ4v) is 2.30. The van der Waals surface area contributed by atoms with Crippen molar-refractivity contribution in [2.24, 2.45) is 5.92 Å². The topological polar surface area (TPSA) is 90.9 Å². The Kier molecular flexibility index (Phi) is 5.39. The lowest BCUT2D eigenvalue weighted by molar-refractivity contribution is 0.0175. The van der Waals surface area contributed by atoms with Gasteiger partial charge in [-0.05, 0) is 38.8 Å². The predicted molar refractivity (Wildman–Crippen MR) is 96.1 cm³/mol. The maximum atomic E-state index is 11.8. The standard InChI is InChI=1S/C18H26N4O2/c1-6-11(2)18(5,24)10-20-15-8-7-14(9-19-15)16-21-13(4)12(3)17(23)22-16/h7-9,11,24H,6,10H2,1-5H3,(H,19,20)(H,21,22,23). The van der Waals surface area contributed by atoms with Crippen LogP contribution >= 0.6 is 0 Å². The highest BCUT2D eigenvalue weighted by molar-refractivity contribution is 5.56. The lowest BCUT2D eigenvalue weighted by atomic mass is 9.89. The fraction of sp³-hybridized carbons (Fsp3) is 0.500. The second-order valence-corrected chi connectivity index (χ2v) is 6.58. The molecule has 0 spiro atoms. The third-order valence-electron chi connectivity index (χ3n) is 4.73. The van der Waals surface area contributed by atoms with Crippen LogP contribution < -0.4 is 10.9 Å². The van der Waals surface area contributed by atoms with Crippen molar-refractivity contribution in [3.63, 3.8) is 0 Å². The third-order valence-corrected chi connectivity index (χ3v) is 4.73. The van der Waals surface area contributed by atoms with Crippen molar-refractivity contribution in [1.29, 1.82) is 0 Å². The van der Waals surface area contributed by atoms with Gasteiger partial charge in [-0.1, -0.05) is 20.3 Å². The quantitative estimate of drug-likeness (QED) is 0.757. The molecule has 0 fully saturated rings. The van der Waals surface area contributed by atoms with Gasteiger partial charge in [-0.15, -0.1) is 0 Å². The highest BCUT2D eigenvalue weighted by atomic mass is 16.3. The lowest BCUT2D eigenvalue weighted by Crippen LogP contribution is -2.40. The van der Waals surface area contributed by atoms with Crippen molar-refractivity contribution in [3.8, 4) is 11.4 Å². The van der Waals surface area contributed by atoms with E-state index in [0.29, 0.717) is 29.4 Å². The monoisotopic (exact) mass is 330 g/mol. The molecule has 2 rings (SSSR count). The number of hydrogen-bond donors (Lipinski definition) is 3. The van der Waals surface area contributed by atoms with Gasteiger partial charge in [-0.3, -0.25) is 4.79 Å². The molecule has 2 heterocycles. The molecule has 6 heteroatoms. The van der Waals surface area contributed by atoms with E-state index in [1.165, 1.54) is 0 Å². The van der Waals surface area contributed by atoms with E-state index < -0.39 is 5.60 Å². The number of H-pyrrole nitrogens is 1. The van der Waals surface area contributed by atoms with E-state index >= 15 is 0 Å². The van der Waals surface area contributed by atoms with Crippen LogP contribution in [0.4, 0.5) is 5.82 Å². The van der Waals surface area contributed by atoms with Gasteiger partial charge in [-0.25, -0.2) is 9.97 Å². The summed E-state index contributed by atoms with van der Waals surface area (Å²) >= 11 is 0. The zero-order chi connectivity index (χ0) is 17.9. The number of aromatic nitrogens is 3. The first-order valence-corrected chi connectivity index (χ1v) is 8.24. The van der Waals surface area contributed by atoms with E-state index in [4.69, 9.17) is 0 Å². The molecule has 0 saturated heterocycles. The Balaban J connectivity index is 2.13. The van der Waals surface area contributed by atoms with Crippen LogP contribution in [0.5, 0.6) is 0 Å². The summed E-state index contributed by atoms with van der Waals surface area (Å²) < 4.78 is 0. The first-order valence-electron chi connectivity index (χ1n) is 8.24. The summed E-state index contributed by atoms with van der Waals surface area (Å²) in [6.45, 7) is 9.90. The molecule has 2 atom stereocenters. The van der Waals surface area contributed by atoms with Gasteiger partial charge < -0.3 is 15.4 Å². The molecule has 0 bridgehead atoms. The van der Waals surface area contributed by atoms with Crippen molar-refractivity contribution >= 4 is 5.82 Å². The minimum absolute atomic E-state index is 0.135. The van der Waals surface area contributed by atoms with Gasteiger partial charge in [-0.2, -0.15) is 0 Å². The van der Waals surface area contributed by atoms with Crippen LogP contribution in [-0.4, -0.2) is 32.2 Å². The first kappa shape index (κ1) is 18.1. The minimum Gasteiger partial charge on any atom is -0.388 e. The summed E-state index contributed by atoms with van der Waals surface area (Å²) in [5.74, 6) is 1.37. The number of anilines is 1. The average Bonchev–Trinajstić information content (AvgIpc) is 2.57. The van der Waals surface area contributed by atoms with Gasteiger partial charge in [0.25, 0.3) is 5.56 Å². The third kappa shape index (κ3) is 4.00. The Bertz CT molecular complexity index is 751. The van der Waals surface area contributed by atoms with E-state index in [1.54, 1.807) is 13.1 Å². The largest absolute Gasteiger partial charge is 0.388 e. The lowest BCUT2D eigenvalue weighted by Gasteiger charge is -2.30. The summed E-state index contributed by atoms with van der Waals surface area (Å²) in [7, 11) is 0. The smallest absolute Gasteiger partial charge is 0.254 e. The van der Waals surface area contributed by atoms with Crippen molar-refractivity contribution in [2.45, 2.75) is 46.6 Å². The molecular formula is C18H26N4O2. The number of nitrogens with zero attached hydrogens (tertiary/aromatic N) is 2. The molecule has 6 nitrogen and oxygen atoms in total. The zero-order valence-electron chi connectivity index (χ0n) is 15.0. The Hall–Kier alpha value is -2.21. The van der Waals surface area contributed by atoms with Crippen LogP contribution in [0.1, 0.15) is 38.4 Å². The average molecular weight is 330 g/mol. The molecule has 0 aliphatic carbocycles. The predicted octanol–water partition coefficient (Wildman–Crippen LogP) is 2.66. The van der Waals surface area contributed by atoms with Gasteiger partial charge in [0.05, 0.1) is 5.60 Å². The maximum Gasteiger partial charge on any atom is 0.254 e. The highest BCUT2D eigenvalue weighted by Crippen LogP contribution is 2.21. The van der Waals surface area contributed by atoms with Gasteiger partial charge in [0.2, 0.25) is 0 Å². The number of hydrogen-bond acceptors (Lipinski definition) is 5. The molecule has 0 aliphatic heterocycles. The first-order chi connectivity index (χ1) is 11.2. The molecule has 0 amide bonds. The second-order valence-electron chi connectivity index (χ2n) is 6.58. The van der Waals surface area contributed by atoms with Crippen molar-refractivity contribution < 1.29 is 5.11 Å². The van der Waals surface area contributed by atoms with Crippen LogP contribution in [0.25, 0.3) is 11.4 Å². The molecule has 0 aliphatic rings. The Morgan fingerprint density at radius 1 is 1.38 bits per heavy atom. The van der Waals surface area contributed by atoms with Crippen LogP contribution in [-0.2, 0) is 0 Å². The van der Waals surface area contributed by atoms with Crippen LogP contribution in [0.2, 0.25) is 0 Å². The summed E-state index contributed by atoms with van der Waals surface area (Å²) in [5.41, 5.74) is 1.15. The molecule has 0 aromatic carbocycles. The molecular weight excluding hydrogens is 304 g/mol. The summed E-state index contributed by atoms with van der Waals surface area (Å²) in [6.07, 6.45) is 2.57. The molecule has 2 aromatic heterocycles. The Morgan fingerprint density at radius 3 is 2.62 bits per heavy atom. The van der Waals surface area contributed by atoms with Gasteiger partial charge >= 0.3 is 0 Å². The molecule has 2 aromatic rings. The molecule has 3 N–H and O–H groups in total. The van der Waals surface area contributed by atoms with Crippen molar-refractivity contribution in [1.82, 2.24) is 15.0 Å². The van der Waals surface area contributed by atoms with Gasteiger partial charge in [0.15, 0.2) is 0 Å². The van der Waals surface area contributed by atoms with E-state index in [2.05, 4.69) is 27.2 Å². The number of pyridine rings is 1. The molecule has 24 heavy (non-hydrogen) atoms. The molecule has 0 saturated carbocycles. The van der Waals surface area contributed by atoms with Crippen molar-refractivity contribution in [3.05, 3.63) is 39.9 Å². The van der Waals surface area contributed by atoms with E-state index in [1.807, 2.05) is 32.9 Å². The normalized spacial score (nSPS) is 14.9. The van der Waals surface area contributed by atoms with Crippen LogP contribution in [0, 0.1) is 19.8 Å². The summed E-state index contributed by atoms with van der Waals surface area (Å²) in [5, 5.41) is 13.6. The molecule has 130 valence electrons. The summed E-state index contributed by atoms with van der Waals surface area (Å²) in [4.78, 5) is 23.4. The van der Waals surface area contributed by atoms with E-state index in [0.717, 1.165) is 12.0 Å². The second kappa shape index (κ2) is 7.13. The minimum atomic E-state index is -0.796. The van der Waals surface area contributed by atoms with E-state index in [-0.39, 0.29) is 11.5 Å². The van der Waals surface area contributed by atoms with Crippen LogP contribution in [0.3, 0.4) is 0 Å². The fourth-order valence-electron chi connectivity index (χ4n) is 2.30. The zero-order valence-corrected chi connectivity index (χ0v) is 15.0. The number of rotatable bonds is 6. The Morgan fingerprint density at radius 2 is 2.08 bits per heavy atom. The van der Waals surface area contributed by atoms with E-state index in [9.17, 15) is 9.90 Å². The SMILES string of the molecule is CCC(C)C(C)(O)CNc1ccc(-c2nc(C)c(C)c(=O)[nH]2)cn1. The molecule has 2 unspecified atom stereocenters. The van der Waals surface area contributed by atoms with Crippen LogP contribution in [0.15, 0.2) is 23.1 Å². The number of aryl methyl sites for hydroxylation is 1. The van der Waals surface area contributed by atoms with Gasteiger partial charge in [0, 0.05) is 29.6 Å². The maximum absolute atomic E-state index is 11.8. The summed E-state index contributed by atoms with van der Waals surface area (Å²) in [6, 6.07) is 3.66. The van der Waals surface area contributed by atoms with Gasteiger partial charge in [0.1, 0.15) is 11.6 Å². The number of nitrogens with one attached hydrogen (secondary N) is 2.